The van der Waals surface area contributed by atoms with E-state index in [4.69, 9.17) is 16.2 Å². The topological polar surface area (TPSA) is 212 Å². The van der Waals surface area contributed by atoms with Gasteiger partial charge in [0.05, 0.1) is 31.4 Å². The first kappa shape index (κ1) is 53.0. The molecule has 0 radical (unpaired) electrons. The number of benzene rings is 4. The number of carbonyl (C=O) groups is 2. The minimum Gasteiger partial charge on any atom is -0.508 e. The Kier molecular flexibility index (Phi) is 18.1. The molecule has 6 atom stereocenters. The second-order valence-electron chi connectivity index (χ2n) is 20.2. The van der Waals surface area contributed by atoms with E-state index in [0.717, 1.165) is 64.8 Å². The lowest BCUT2D eigenvalue weighted by Crippen LogP contribution is -2.22. The van der Waals surface area contributed by atoms with E-state index in [-0.39, 0.29) is 61.0 Å². The largest absolute Gasteiger partial charge is 0.508 e. The highest BCUT2D eigenvalue weighted by Crippen LogP contribution is 2.50. The number of ketones is 2. The van der Waals surface area contributed by atoms with Gasteiger partial charge in [0.2, 0.25) is 0 Å². The summed E-state index contributed by atoms with van der Waals surface area (Å²) in [6, 6.07) is 24.5. The van der Waals surface area contributed by atoms with Gasteiger partial charge < -0.3 is 46.7 Å². The molecule has 13 heteroatoms. The van der Waals surface area contributed by atoms with Gasteiger partial charge >= 0.3 is 0 Å². The number of aliphatic hydroxyl groups excluding tert-OH is 3. The molecule has 6 unspecified atom stereocenters. The van der Waals surface area contributed by atoms with Gasteiger partial charge in [0, 0.05) is 71.9 Å². The smallest absolute Gasteiger partial charge is 0.165 e. The van der Waals surface area contributed by atoms with Crippen LogP contribution >= 0.6 is 21.6 Å². The highest BCUT2D eigenvalue weighted by atomic mass is 33.1. The number of nitrogens with two attached hydrogens (primary N) is 2. The number of aromatic hydroxyl groups is 2. The van der Waals surface area contributed by atoms with Gasteiger partial charge in [-0.25, -0.2) is 0 Å². The van der Waals surface area contributed by atoms with Crippen LogP contribution in [0, 0.1) is 29.1 Å². The Bertz CT molecular complexity index is 2790. The highest BCUT2D eigenvalue weighted by molar-refractivity contribution is 8.76. The van der Waals surface area contributed by atoms with Gasteiger partial charge in [0.25, 0.3) is 0 Å². The molecular weight excluding hydrogens is 943 g/mol. The summed E-state index contributed by atoms with van der Waals surface area (Å²) < 4.78 is 6.17. The number of ether oxygens (including phenoxy) is 1. The fraction of sp³-hybridized carbons (Fsp3) is 0.424. The number of allylic oxidation sites excluding steroid dienone is 2. The molecule has 0 saturated heterocycles. The second kappa shape index (κ2) is 24.6. The van der Waals surface area contributed by atoms with Crippen molar-refractivity contribution in [1.29, 1.82) is 0 Å². The zero-order valence-electron chi connectivity index (χ0n) is 41.2. The monoisotopic (exact) mass is 1010 g/mol. The summed E-state index contributed by atoms with van der Waals surface area (Å²) in [4.78, 5) is 31.2. The molecule has 0 amide bonds. The van der Waals surface area contributed by atoms with Gasteiger partial charge in [0.15, 0.2) is 23.1 Å². The fourth-order valence-corrected chi connectivity index (χ4v) is 13.6. The highest BCUT2D eigenvalue weighted by Gasteiger charge is 2.43. The molecule has 8 rings (SSSR count). The first-order chi connectivity index (χ1) is 34.8. The van der Waals surface area contributed by atoms with Crippen molar-refractivity contribution in [2.45, 2.75) is 120 Å². The van der Waals surface area contributed by atoms with Gasteiger partial charge in [-0.3, -0.25) is 9.59 Å². The summed E-state index contributed by atoms with van der Waals surface area (Å²) in [6.07, 6.45) is 10.9. The Hall–Kier alpha value is -5.30. The Labute approximate surface area is 431 Å². The minimum atomic E-state index is -0.809. The van der Waals surface area contributed by atoms with Crippen LogP contribution in [0.2, 0.25) is 0 Å². The zero-order valence-corrected chi connectivity index (χ0v) is 42.8. The molecule has 2 heterocycles. The quantitative estimate of drug-likeness (QED) is 0.0353. The van der Waals surface area contributed by atoms with Gasteiger partial charge in [-0.15, -0.1) is 0 Å². The van der Waals surface area contributed by atoms with E-state index in [2.05, 4.69) is 41.1 Å². The second-order valence-corrected chi connectivity index (χ2v) is 22.7. The third kappa shape index (κ3) is 13.5. The van der Waals surface area contributed by atoms with Crippen LogP contribution in [0.1, 0.15) is 136 Å². The van der Waals surface area contributed by atoms with Crippen LogP contribution in [-0.4, -0.2) is 73.3 Å². The summed E-state index contributed by atoms with van der Waals surface area (Å²) in [5, 5.41) is 54.7. The van der Waals surface area contributed by atoms with E-state index in [1.54, 1.807) is 64.2 Å². The molecule has 11 nitrogen and oxygen atoms in total. The van der Waals surface area contributed by atoms with E-state index in [9.17, 15) is 35.1 Å². The molecular formula is C59H69N3O8S2. The molecule has 1 aliphatic heterocycles. The standard InChI is InChI=1S/C59H69N3O8S2/c1-37(64)27-39(9-13-41-5-2-3-6-42(41)20-25-63)17-22-59-23-18-46(65)14-10-38-12-16-54(67)57(29-38)70-26-21-40-11-15-53(66)51(28-40)50-32-55(68)47-19-24-62-52(47)8-4-7-43-30-49(58(60)61)44(31-48(43)50)35-71-72-36-45(33-59)56(69)34-59/h2-3,5-6,11-12,15-16,18-19,23-24,28-31,37,39,45,50,56,58,62-64,66-67,69H,8-10,13-14,17,20-22,25-27,32-36,60-61H2,1H3. The van der Waals surface area contributed by atoms with Crippen LogP contribution in [0.4, 0.5) is 0 Å². The van der Waals surface area contributed by atoms with E-state index >= 15 is 0 Å². The Morgan fingerprint density at radius 1 is 0.889 bits per heavy atom. The molecule has 3 aliphatic rings. The zero-order chi connectivity index (χ0) is 50.8. The number of aryl methyl sites for hydroxylation is 2. The third-order valence-corrected chi connectivity index (χ3v) is 17.4. The van der Waals surface area contributed by atoms with Gasteiger partial charge in [-0.1, -0.05) is 88.0 Å². The number of carbonyl (C=O) groups excluding carboxylic acids is 2. The predicted molar refractivity (Wildman–Crippen MR) is 287 cm³/mol. The number of hydrogen-bond acceptors (Lipinski definition) is 12. The molecule has 0 spiro atoms. The molecule has 10 N–H and O–H groups in total. The number of phenolic OH excluding ortho intramolecular Hbond substituents is 2. The molecule has 1 saturated carbocycles. The molecule has 8 bridgehead atoms. The number of phenols is 2. The minimum absolute atomic E-state index is 0.0150. The lowest BCUT2D eigenvalue weighted by molar-refractivity contribution is -0.114. The van der Waals surface area contributed by atoms with Crippen LogP contribution < -0.4 is 16.2 Å². The number of aromatic nitrogens is 1. The lowest BCUT2D eigenvalue weighted by atomic mass is 9.76. The first-order valence-corrected chi connectivity index (χ1v) is 27.9. The maximum Gasteiger partial charge on any atom is 0.165 e. The van der Waals surface area contributed by atoms with Crippen molar-refractivity contribution >= 4 is 33.2 Å². The summed E-state index contributed by atoms with van der Waals surface area (Å²) in [7, 11) is 3.33. The molecule has 1 fully saturated rings. The van der Waals surface area contributed by atoms with Crippen LogP contribution in [0.15, 0.2) is 97.2 Å². The summed E-state index contributed by atoms with van der Waals surface area (Å²) >= 11 is 0. The molecule has 72 heavy (non-hydrogen) atoms. The van der Waals surface area contributed by atoms with Crippen molar-refractivity contribution in [2.24, 2.45) is 28.7 Å². The van der Waals surface area contributed by atoms with E-state index in [0.29, 0.717) is 78.9 Å². The summed E-state index contributed by atoms with van der Waals surface area (Å²) in [6.45, 7) is 2.13. The number of H-pyrrole nitrogens is 1. The number of hydrogen-bond donors (Lipinski definition) is 8. The molecule has 2 aliphatic carbocycles. The van der Waals surface area contributed by atoms with Crippen molar-refractivity contribution in [3.63, 3.8) is 0 Å². The van der Waals surface area contributed by atoms with E-state index in [1.807, 2.05) is 37.3 Å². The normalized spacial score (nSPS) is 21.6. The first-order valence-electron chi connectivity index (χ1n) is 25.4. The number of Topliss-reactive ketones (excluding diaryl/α,β-unsaturated/α-hetero) is 1. The Morgan fingerprint density at radius 2 is 1.67 bits per heavy atom. The molecule has 5 aromatic rings. The predicted octanol–water partition coefficient (Wildman–Crippen LogP) is 9.32. The molecule has 4 aromatic carbocycles. The third-order valence-electron chi connectivity index (χ3n) is 14.9. The van der Waals surface area contributed by atoms with Crippen LogP contribution in [0.25, 0.3) is 0 Å². The SMILES string of the molecule is CC(O)CC(CCc1ccccc1CCO)CCC12C=CC(=O)CCc3ccc(O)c(c3)OCCc3ccc(O)c(c3)C3CC(=O)c4cc[nH]c4CC#Cc4cc(C(N)N)c(cc43)CSSCC(C1)C(O)C2. The van der Waals surface area contributed by atoms with E-state index in [1.165, 1.54) is 5.56 Å². The Balaban J connectivity index is 1.11. The van der Waals surface area contributed by atoms with Gasteiger partial charge in [-0.2, -0.15) is 0 Å². The fourth-order valence-electron chi connectivity index (χ4n) is 11.0. The average Bonchev–Trinajstić information content (AvgIpc) is 3.96. The molecule has 380 valence electrons. The number of nitrogens with one attached hydrogen (secondary N) is 1. The van der Waals surface area contributed by atoms with Crippen LogP contribution in [0.5, 0.6) is 17.2 Å². The summed E-state index contributed by atoms with van der Waals surface area (Å²) in [5.74, 6) is 7.64. The Morgan fingerprint density at radius 3 is 2.44 bits per heavy atom. The lowest BCUT2D eigenvalue weighted by Gasteiger charge is -2.29. The average molecular weight is 1010 g/mol. The maximum atomic E-state index is 14.3. The van der Waals surface area contributed by atoms with Crippen molar-refractivity contribution in [3.8, 4) is 29.1 Å². The van der Waals surface area contributed by atoms with Crippen LogP contribution in [0.3, 0.4) is 0 Å². The van der Waals surface area contributed by atoms with Crippen molar-refractivity contribution in [1.82, 2.24) is 4.98 Å². The van der Waals surface area contributed by atoms with Gasteiger partial charge in [-0.05, 0) is 157 Å². The van der Waals surface area contributed by atoms with Crippen LogP contribution in [-0.2, 0) is 42.7 Å². The number of fused-ring (bicyclic) bond motifs is 9. The maximum absolute atomic E-state index is 14.3. The van der Waals surface area contributed by atoms with Crippen molar-refractivity contribution in [3.05, 3.63) is 159 Å². The number of aliphatic hydroxyl groups is 3. The number of aromatic amines is 1. The summed E-state index contributed by atoms with van der Waals surface area (Å²) in [5.41, 5.74) is 21.6. The van der Waals surface area contributed by atoms with E-state index < -0.39 is 29.7 Å². The van der Waals surface area contributed by atoms with Crippen molar-refractivity contribution < 1.29 is 39.9 Å². The van der Waals surface area contributed by atoms with Gasteiger partial charge in [0.1, 0.15) is 5.75 Å². The number of rotatable bonds is 11. The molecule has 1 aromatic heterocycles. The van der Waals surface area contributed by atoms with Crippen molar-refractivity contribution in [2.75, 3.05) is 19.0 Å².